The summed E-state index contributed by atoms with van der Waals surface area (Å²) in [6.45, 7) is 2.42. The Morgan fingerprint density at radius 3 is 3.07 bits per heavy atom. The molecule has 1 aliphatic rings. The molecule has 1 aliphatic heterocycles. The lowest BCUT2D eigenvalue weighted by Crippen LogP contribution is -2.22. The van der Waals surface area contributed by atoms with Crippen molar-refractivity contribution < 1.29 is 9.90 Å². The summed E-state index contributed by atoms with van der Waals surface area (Å²) in [6, 6.07) is 5.12. The molecule has 1 aromatic rings. The van der Waals surface area contributed by atoms with E-state index in [9.17, 15) is 9.90 Å². The molecule has 1 atom stereocenters. The summed E-state index contributed by atoms with van der Waals surface area (Å²) in [4.78, 5) is 11.5. The van der Waals surface area contributed by atoms with Crippen molar-refractivity contribution in [2.45, 2.75) is 6.92 Å². The Hall–Kier alpha value is -1.71. The van der Waals surface area contributed by atoms with E-state index < -0.39 is 0 Å². The van der Waals surface area contributed by atoms with E-state index in [-0.39, 0.29) is 17.6 Å². The van der Waals surface area contributed by atoms with Crippen LogP contribution < -0.4 is 10.6 Å². The molecular weight excluding hydrogens is 180 g/mol. The average molecular weight is 192 g/mol. The van der Waals surface area contributed by atoms with Crippen LogP contribution in [0.25, 0.3) is 0 Å². The Kier molecular flexibility index (Phi) is 2.04. The van der Waals surface area contributed by atoms with Crippen molar-refractivity contribution in [3.05, 3.63) is 18.2 Å². The fraction of sp³-hybridized carbons (Fsp3) is 0.300. The van der Waals surface area contributed by atoms with Crippen LogP contribution in [0.5, 0.6) is 5.75 Å². The van der Waals surface area contributed by atoms with Gasteiger partial charge in [0.25, 0.3) is 0 Å². The fourth-order valence-electron chi connectivity index (χ4n) is 1.42. The maximum atomic E-state index is 11.5. The third-order valence-electron chi connectivity index (χ3n) is 2.34. The number of carbonyl (C=O) groups excluding carboxylic acids is 1. The van der Waals surface area contributed by atoms with E-state index in [0.717, 1.165) is 5.69 Å². The van der Waals surface area contributed by atoms with E-state index >= 15 is 0 Å². The minimum absolute atomic E-state index is 0.0715. The summed E-state index contributed by atoms with van der Waals surface area (Å²) in [7, 11) is 0. The van der Waals surface area contributed by atoms with E-state index in [4.69, 9.17) is 0 Å². The van der Waals surface area contributed by atoms with E-state index in [1.165, 1.54) is 0 Å². The first-order valence-corrected chi connectivity index (χ1v) is 4.55. The average Bonchev–Trinajstić information content (AvgIpc) is 2.30. The van der Waals surface area contributed by atoms with Gasteiger partial charge in [0.1, 0.15) is 11.4 Å². The molecule has 3 N–H and O–H groups in total. The third-order valence-corrected chi connectivity index (χ3v) is 2.34. The minimum atomic E-state index is -0.0956. The highest BCUT2D eigenvalue weighted by Gasteiger charge is 2.20. The molecular formula is C10H12N2O2. The summed E-state index contributed by atoms with van der Waals surface area (Å²) in [5.74, 6) is -0.0722. The van der Waals surface area contributed by atoms with E-state index in [1.54, 1.807) is 12.1 Å². The van der Waals surface area contributed by atoms with Crippen LogP contribution in [-0.2, 0) is 4.79 Å². The number of fused-ring (bicyclic) bond motifs is 1. The first-order chi connectivity index (χ1) is 6.68. The van der Waals surface area contributed by atoms with Gasteiger partial charge in [-0.2, -0.15) is 0 Å². The molecule has 1 amide bonds. The maximum Gasteiger partial charge on any atom is 0.229 e. The van der Waals surface area contributed by atoms with Crippen LogP contribution in [0.3, 0.4) is 0 Å². The lowest BCUT2D eigenvalue weighted by molar-refractivity contribution is -0.118. The number of benzene rings is 1. The zero-order valence-electron chi connectivity index (χ0n) is 7.87. The van der Waals surface area contributed by atoms with Crippen molar-refractivity contribution in [1.29, 1.82) is 0 Å². The van der Waals surface area contributed by atoms with Gasteiger partial charge in [-0.05, 0) is 12.1 Å². The second kappa shape index (κ2) is 3.21. The van der Waals surface area contributed by atoms with Crippen molar-refractivity contribution in [2.75, 3.05) is 17.2 Å². The van der Waals surface area contributed by atoms with Gasteiger partial charge in [0.05, 0.1) is 11.6 Å². The summed E-state index contributed by atoms with van der Waals surface area (Å²) in [5, 5.41) is 15.3. The predicted molar refractivity (Wildman–Crippen MR) is 54.4 cm³/mol. The SMILES string of the molecule is CC1CNc2cccc(O)c2NC1=O. The second-order valence-electron chi connectivity index (χ2n) is 3.47. The highest BCUT2D eigenvalue weighted by atomic mass is 16.3. The molecule has 4 nitrogen and oxygen atoms in total. The normalized spacial score (nSPS) is 20.4. The molecule has 1 heterocycles. The molecule has 0 radical (unpaired) electrons. The van der Waals surface area contributed by atoms with Crippen LogP contribution in [0.4, 0.5) is 11.4 Å². The van der Waals surface area contributed by atoms with E-state index in [1.807, 2.05) is 13.0 Å². The van der Waals surface area contributed by atoms with Gasteiger partial charge in [0.2, 0.25) is 5.91 Å². The molecule has 0 bridgehead atoms. The van der Waals surface area contributed by atoms with Gasteiger partial charge in [0, 0.05) is 6.54 Å². The molecule has 1 unspecified atom stereocenters. The number of amides is 1. The molecule has 14 heavy (non-hydrogen) atoms. The van der Waals surface area contributed by atoms with Gasteiger partial charge in [-0.15, -0.1) is 0 Å². The van der Waals surface area contributed by atoms with Crippen molar-refractivity contribution in [3.63, 3.8) is 0 Å². The highest BCUT2D eigenvalue weighted by Crippen LogP contribution is 2.33. The number of carbonyl (C=O) groups is 1. The van der Waals surface area contributed by atoms with Crippen molar-refractivity contribution >= 4 is 17.3 Å². The van der Waals surface area contributed by atoms with Gasteiger partial charge < -0.3 is 15.7 Å². The third kappa shape index (κ3) is 1.39. The molecule has 0 saturated carbocycles. The number of phenols is 1. The van der Waals surface area contributed by atoms with Crippen molar-refractivity contribution in [1.82, 2.24) is 0 Å². The molecule has 74 valence electrons. The van der Waals surface area contributed by atoms with Gasteiger partial charge >= 0.3 is 0 Å². The van der Waals surface area contributed by atoms with Crippen LogP contribution in [-0.4, -0.2) is 17.6 Å². The topological polar surface area (TPSA) is 61.4 Å². The lowest BCUT2D eigenvalue weighted by Gasteiger charge is -2.08. The quantitative estimate of drug-likeness (QED) is 0.544. The highest BCUT2D eigenvalue weighted by molar-refractivity contribution is 5.99. The van der Waals surface area contributed by atoms with Gasteiger partial charge in [-0.3, -0.25) is 4.79 Å². The minimum Gasteiger partial charge on any atom is -0.506 e. The molecule has 1 aromatic carbocycles. The molecule has 0 aromatic heterocycles. The number of phenolic OH excluding ortho intramolecular Hbond substituents is 1. The number of para-hydroxylation sites is 1. The monoisotopic (exact) mass is 192 g/mol. The van der Waals surface area contributed by atoms with Crippen LogP contribution >= 0.6 is 0 Å². The zero-order chi connectivity index (χ0) is 10.1. The van der Waals surface area contributed by atoms with E-state index in [0.29, 0.717) is 12.2 Å². The Morgan fingerprint density at radius 2 is 2.29 bits per heavy atom. The van der Waals surface area contributed by atoms with Crippen LogP contribution in [0, 0.1) is 5.92 Å². The molecule has 0 aliphatic carbocycles. The van der Waals surface area contributed by atoms with Gasteiger partial charge in [0.15, 0.2) is 0 Å². The first kappa shape index (κ1) is 8.87. The summed E-state index contributed by atoms with van der Waals surface area (Å²) >= 11 is 0. The largest absolute Gasteiger partial charge is 0.506 e. The molecule has 0 saturated heterocycles. The molecule has 2 rings (SSSR count). The van der Waals surface area contributed by atoms with Gasteiger partial charge in [-0.25, -0.2) is 0 Å². The standard InChI is InChI=1S/C10H12N2O2/c1-6-5-11-7-3-2-4-8(13)9(7)12-10(6)14/h2-4,6,11,13H,5H2,1H3,(H,12,14). The van der Waals surface area contributed by atoms with Gasteiger partial charge in [-0.1, -0.05) is 13.0 Å². The Balaban J connectivity index is 2.43. The number of hydrogen-bond acceptors (Lipinski definition) is 3. The Bertz CT molecular complexity index is 376. The molecule has 0 spiro atoms. The maximum absolute atomic E-state index is 11.5. The number of hydrogen-bond donors (Lipinski definition) is 3. The second-order valence-corrected chi connectivity index (χ2v) is 3.47. The Labute approximate surface area is 81.9 Å². The Morgan fingerprint density at radius 1 is 1.50 bits per heavy atom. The van der Waals surface area contributed by atoms with Crippen LogP contribution in [0.1, 0.15) is 6.92 Å². The first-order valence-electron chi connectivity index (χ1n) is 4.55. The summed E-state index contributed by atoms with van der Waals surface area (Å²) < 4.78 is 0. The number of aromatic hydroxyl groups is 1. The van der Waals surface area contributed by atoms with Crippen LogP contribution in [0.15, 0.2) is 18.2 Å². The number of anilines is 2. The van der Waals surface area contributed by atoms with E-state index in [2.05, 4.69) is 10.6 Å². The molecule has 0 fully saturated rings. The fourth-order valence-corrected chi connectivity index (χ4v) is 1.42. The molecule has 4 heteroatoms. The lowest BCUT2D eigenvalue weighted by atomic mass is 10.2. The van der Waals surface area contributed by atoms with Crippen molar-refractivity contribution in [2.24, 2.45) is 5.92 Å². The summed E-state index contributed by atoms with van der Waals surface area (Å²) in [5.41, 5.74) is 1.24. The zero-order valence-corrected chi connectivity index (χ0v) is 7.87. The summed E-state index contributed by atoms with van der Waals surface area (Å²) in [6.07, 6.45) is 0. The smallest absolute Gasteiger partial charge is 0.229 e. The van der Waals surface area contributed by atoms with Crippen molar-refractivity contribution in [3.8, 4) is 5.75 Å². The predicted octanol–water partition coefficient (Wildman–Crippen LogP) is 1.39. The van der Waals surface area contributed by atoms with Crippen LogP contribution in [0.2, 0.25) is 0 Å². The number of nitrogens with one attached hydrogen (secondary N) is 2. The number of rotatable bonds is 0.